The number of halogens is 1. The van der Waals surface area contributed by atoms with Gasteiger partial charge in [-0.1, -0.05) is 0 Å². The normalized spacial score (nSPS) is 15.8. The number of hydrogen-bond donors (Lipinski definition) is 3. The molecular weight excluding hydrogens is 411 g/mol. The van der Waals surface area contributed by atoms with Crippen LogP contribution in [-0.4, -0.2) is 67.3 Å². The maximum atomic E-state index is 11.7. The van der Waals surface area contributed by atoms with Gasteiger partial charge in [0.05, 0.1) is 18.8 Å². The van der Waals surface area contributed by atoms with Gasteiger partial charge in [0.15, 0.2) is 5.96 Å². The fourth-order valence-corrected chi connectivity index (χ4v) is 2.19. The Kier molecular flexibility index (Phi) is 9.10. The zero-order chi connectivity index (χ0) is 15.8. The van der Waals surface area contributed by atoms with Crippen molar-refractivity contribution in [2.75, 3.05) is 46.4 Å². The van der Waals surface area contributed by atoms with Crippen molar-refractivity contribution in [1.29, 1.82) is 0 Å². The zero-order valence-electron chi connectivity index (χ0n) is 13.6. The topological polar surface area (TPSA) is 94.6 Å². The highest BCUT2D eigenvalue weighted by Crippen LogP contribution is 1.94. The SMILES string of the molecule is CN=C(NCCN1CCOCC1)NCc1cnc(C)[nH]c1=O.I. The lowest BCUT2D eigenvalue weighted by atomic mass is 10.3. The van der Waals surface area contributed by atoms with Gasteiger partial charge in [0.1, 0.15) is 5.82 Å². The maximum Gasteiger partial charge on any atom is 0.255 e. The summed E-state index contributed by atoms with van der Waals surface area (Å²) in [5.41, 5.74) is 0.463. The molecular formula is C14H25IN6O2. The second-order valence-corrected chi connectivity index (χ2v) is 5.13. The summed E-state index contributed by atoms with van der Waals surface area (Å²) < 4.78 is 5.32. The smallest absolute Gasteiger partial charge is 0.255 e. The Bertz CT molecular complexity index is 556. The van der Waals surface area contributed by atoms with Gasteiger partial charge >= 0.3 is 0 Å². The van der Waals surface area contributed by atoms with E-state index in [4.69, 9.17) is 4.74 Å². The Hall–Kier alpha value is -1.20. The molecule has 1 saturated heterocycles. The summed E-state index contributed by atoms with van der Waals surface area (Å²) in [6.45, 7) is 7.42. The van der Waals surface area contributed by atoms with Crippen LogP contribution in [0.2, 0.25) is 0 Å². The van der Waals surface area contributed by atoms with Crippen LogP contribution in [0, 0.1) is 6.92 Å². The molecule has 130 valence electrons. The molecule has 0 saturated carbocycles. The number of morpholine rings is 1. The number of nitrogens with zero attached hydrogens (tertiary/aromatic N) is 3. The van der Waals surface area contributed by atoms with Gasteiger partial charge in [0, 0.05) is 46.0 Å². The molecule has 1 aliphatic rings. The molecule has 0 amide bonds. The molecule has 1 aliphatic heterocycles. The molecule has 0 radical (unpaired) electrons. The average molecular weight is 436 g/mol. The van der Waals surface area contributed by atoms with E-state index in [1.165, 1.54) is 0 Å². The third kappa shape index (κ3) is 6.83. The van der Waals surface area contributed by atoms with Gasteiger partial charge < -0.3 is 20.4 Å². The lowest BCUT2D eigenvalue weighted by Crippen LogP contribution is -2.44. The molecule has 0 atom stereocenters. The van der Waals surface area contributed by atoms with Crippen LogP contribution in [0.3, 0.4) is 0 Å². The lowest BCUT2D eigenvalue weighted by molar-refractivity contribution is 0.0389. The summed E-state index contributed by atoms with van der Waals surface area (Å²) in [6.07, 6.45) is 1.59. The maximum absolute atomic E-state index is 11.7. The lowest BCUT2D eigenvalue weighted by Gasteiger charge is -2.26. The predicted molar refractivity (Wildman–Crippen MR) is 100 cm³/mol. The van der Waals surface area contributed by atoms with E-state index in [2.05, 4.69) is 30.5 Å². The van der Waals surface area contributed by atoms with E-state index in [1.54, 1.807) is 20.2 Å². The van der Waals surface area contributed by atoms with Crippen LogP contribution in [0.15, 0.2) is 16.0 Å². The van der Waals surface area contributed by atoms with Crippen LogP contribution >= 0.6 is 24.0 Å². The van der Waals surface area contributed by atoms with E-state index in [-0.39, 0.29) is 29.5 Å². The fourth-order valence-electron chi connectivity index (χ4n) is 2.19. The van der Waals surface area contributed by atoms with E-state index >= 15 is 0 Å². The monoisotopic (exact) mass is 436 g/mol. The highest BCUT2D eigenvalue weighted by atomic mass is 127. The Balaban J connectivity index is 0.00000264. The largest absolute Gasteiger partial charge is 0.379 e. The molecule has 0 aromatic carbocycles. The van der Waals surface area contributed by atoms with Crippen LogP contribution in [0.1, 0.15) is 11.4 Å². The van der Waals surface area contributed by atoms with Gasteiger partial charge in [0.2, 0.25) is 0 Å². The van der Waals surface area contributed by atoms with Crippen LogP contribution in [0.25, 0.3) is 0 Å². The molecule has 1 fully saturated rings. The van der Waals surface area contributed by atoms with Crippen LogP contribution in [0.4, 0.5) is 0 Å². The summed E-state index contributed by atoms with van der Waals surface area (Å²) in [5, 5.41) is 6.36. The van der Waals surface area contributed by atoms with Crippen molar-refractivity contribution >= 4 is 29.9 Å². The number of aliphatic imine (C=N–C) groups is 1. The van der Waals surface area contributed by atoms with Crippen LogP contribution < -0.4 is 16.2 Å². The van der Waals surface area contributed by atoms with Crippen molar-refractivity contribution in [2.24, 2.45) is 4.99 Å². The van der Waals surface area contributed by atoms with Crippen molar-refractivity contribution in [3.8, 4) is 0 Å². The summed E-state index contributed by atoms with van der Waals surface area (Å²) in [5.74, 6) is 1.29. The average Bonchev–Trinajstić information content (AvgIpc) is 2.53. The number of nitrogens with one attached hydrogen (secondary N) is 3. The molecule has 8 nitrogen and oxygen atoms in total. The molecule has 9 heteroatoms. The summed E-state index contributed by atoms with van der Waals surface area (Å²) in [4.78, 5) is 25.0. The minimum absolute atomic E-state index is 0. The molecule has 2 heterocycles. The summed E-state index contributed by atoms with van der Waals surface area (Å²) >= 11 is 0. The van der Waals surface area contributed by atoms with Gasteiger partial charge in [-0.15, -0.1) is 24.0 Å². The van der Waals surface area contributed by atoms with Crippen molar-refractivity contribution in [3.63, 3.8) is 0 Å². The molecule has 0 bridgehead atoms. The molecule has 0 aliphatic carbocycles. The Morgan fingerprint density at radius 1 is 1.43 bits per heavy atom. The Morgan fingerprint density at radius 2 is 2.17 bits per heavy atom. The van der Waals surface area contributed by atoms with Gasteiger partial charge in [-0.25, -0.2) is 4.98 Å². The highest BCUT2D eigenvalue weighted by Gasteiger charge is 2.09. The molecule has 1 aromatic heterocycles. The van der Waals surface area contributed by atoms with Gasteiger partial charge in [-0.3, -0.25) is 14.7 Å². The molecule has 23 heavy (non-hydrogen) atoms. The van der Waals surface area contributed by atoms with E-state index in [0.29, 0.717) is 23.9 Å². The highest BCUT2D eigenvalue weighted by molar-refractivity contribution is 14.0. The standard InChI is InChI=1S/C14H24N6O2.HI/c1-11-17-9-12(13(21)19-11)10-18-14(15-2)16-3-4-20-5-7-22-8-6-20;/h9H,3-8,10H2,1-2H3,(H2,15,16,18)(H,17,19,21);1H. The molecule has 0 spiro atoms. The van der Waals surface area contributed by atoms with Gasteiger partial charge in [-0.05, 0) is 6.92 Å². The minimum Gasteiger partial charge on any atom is -0.379 e. The second kappa shape index (κ2) is 10.6. The number of guanidine groups is 1. The van der Waals surface area contributed by atoms with E-state index in [9.17, 15) is 4.79 Å². The van der Waals surface area contributed by atoms with E-state index in [1.807, 2.05) is 0 Å². The third-order valence-electron chi connectivity index (χ3n) is 3.49. The number of rotatable bonds is 5. The Labute approximate surface area is 153 Å². The first kappa shape index (κ1) is 19.8. The second-order valence-electron chi connectivity index (χ2n) is 5.13. The zero-order valence-corrected chi connectivity index (χ0v) is 15.9. The molecule has 2 rings (SSSR count). The fraction of sp³-hybridized carbons (Fsp3) is 0.643. The first-order chi connectivity index (χ1) is 10.7. The molecule has 1 aromatic rings. The van der Waals surface area contributed by atoms with Gasteiger partial charge in [-0.2, -0.15) is 0 Å². The Morgan fingerprint density at radius 3 is 2.83 bits per heavy atom. The van der Waals surface area contributed by atoms with Gasteiger partial charge in [0.25, 0.3) is 5.56 Å². The van der Waals surface area contributed by atoms with Crippen molar-refractivity contribution in [1.82, 2.24) is 25.5 Å². The first-order valence-electron chi connectivity index (χ1n) is 7.48. The van der Waals surface area contributed by atoms with Crippen LogP contribution in [0.5, 0.6) is 0 Å². The van der Waals surface area contributed by atoms with Crippen molar-refractivity contribution in [2.45, 2.75) is 13.5 Å². The third-order valence-corrected chi connectivity index (χ3v) is 3.49. The first-order valence-corrected chi connectivity index (χ1v) is 7.48. The van der Waals surface area contributed by atoms with Crippen LogP contribution in [-0.2, 0) is 11.3 Å². The quantitative estimate of drug-likeness (QED) is 0.333. The summed E-state index contributed by atoms with van der Waals surface area (Å²) in [7, 11) is 1.71. The predicted octanol–water partition coefficient (Wildman–Crippen LogP) is -0.306. The number of aromatic nitrogens is 2. The number of ether oxygens (including phenoxy) is 1. The number of H-pyrrole nitrogens is 1. The number of aryl methyl sites for hydroxylation is 1. The minimum atomic E-state index is -0.122. The molecule has 3 N–H and O–H groups in total. The summed E-state index contributed by atoms with van der Waals surface area (Å²) in [6, 6.07) is 0. The van der Waals surface area contributed by atoms with Crippen molar-refractivity contribution in [3.05, 3.63) is 27.9 Å². The van der Waals surface area contributed by atoms with E-state index in [0.717, 1.165) is 39.4 Å². The molecule has 0 unspecified atom stereocenters. The number of aromatic amines is 1. The number of hydrogen-bond acceptors (Lipinski definition) is 5. The van der Waals surface area contributed by atoms with Crippen molar-refractivity contribution < 1.29 is 4.74 Å². The van der Waals surface area contributed by atoms with E-state index < -0.39 is 0 Å².